The average molecular weight is 198 g/mol. The van der Waals surface area contributed by atoms with Crippen molar-refractivity contribution in [2.24, 2.45) is 0 Å². The standard InChI is InChI=1S/C7H12F2O4/c1-2-3-12-4-5-13-7(8,9)6(10)11/h2-5H2,1H3,(H,10,11). The summed E-state index contributed by atoms with van der Waals surface area (Å²) in [4.78, 5) is 9.83. The van der Waals surface area contributed by atoms with E-state index in [0.717, 1.165) is 6.42 Å². The highest BCUT2D eigenvalue weighted by molar-refractivity contribution is 5.73. The molecule has 0 aliphatic heterocycles. The molecular formula is C7H12F2O4. The number of hydrogen-bond acceptors (Lipinski definition) is 3. The van der Waals surface area contributed by atoms with Gasteiger partial charge in [0.25, 0.3) is 0 Å². The molecule has 4 nitrogen and oxygen atoms in total. The zero-order valence-electron chi connectivity index (χ0n) is 7.26. The van der Waals surface area contributed by atoms with E-state index in [0.29, 0.717) is 6.61 Å². The molecule has 0 unspecified atom stereocenters. The Morgan fingerprint density at radius 3 is 2.46 bits per heavy atom. The van der Waals surface area contributed by atoms with Crippen molar-refractivity contribution in [3.8, 4) is 0 Å². The Morgan fingerprint density at radius 2 is 2.00 bits per heavy atom. The molecule has 0 heterocycles. The van der Waals surface area contributed by atoms with E-state index in [-0.39, 0.29) is 6.61 Å². The van der Waals surface area contributed by atoms with Crippen LogP contribution < -0.4 is 0 Å². The normalized spacial score (nSPS) is 11.6. The molecule has 0 saturated heterocycles. The van der Waals surface area contributed by atoms with Crippen molar-refractivity contribution >= 4 is 5.97 Å². The van der Waals surface area contributed by atoms with Crippen molar-refractivity contribution in [1.29, 1.82) is 0 Å². The number of hydrogen-bond donors (Lipinski definition) is 1. The maximum absolute atomic E-state index is 12.2. The molecule has 0 rings (SSSR count). The maximum atomic E-state index is 12.2. The highest BCUT2D eigenvalue weighted by Crippen LogP contribution is 2.14. The highest BCUT2D eigenvalue weighted by atomic mass is 19.3. The Bertz CT molecular complexity index is 161. The molecule has 0 aromatic heterocycles. The molecule has 78 valence electrons. The Kier molecular flexibility index (Phi) is 5.48. The van der Waals surface area contributed by atoms with Crippen LogP contribution in [0.1, 0.15) is 13.3 Å². The molecule has 6 heteroatoms. The number of halogens is 2. The fourth-order valence-corrected chi connectivity index (χ4v) is 0.537. The number of ether oxygens (including phenoxy) is 2. The lowest BCUT2D eigenvalue weighted by molar-refractivity contribution is -0.248. The maximum Gasteiger partial charge on any atom is 0.456 e. The molecular weight excluding hydrogens is 186 g/mol. The lowest BCUT2D eigenvalue weighted by atomic mass is 10.5. The average Bonchev–Trinajstić information content (AvgIpc) is 2.03. The van der Waals surface area contributed by atoms with Gasteiger partial charge in [0.2, 0.25) is 0 Å². The number of rotatable bonds is 7. The monoisotopic (exact) mass is 198 g/mol. The minimum atomic E-state index is -4.12. The van der Waals surface area contributed by atoms with Crippen LogP contribution in [0.5, 0.6) is 0 Å². The van der Waals surface area contributed by atoms with E-state index in [1.807, 2.05) is 6.92 Å². The molecule has 0 aromatic carbocycles. The minimum Gasteiger partial charge on any atom is -0.475 e. The van der Waals surface area contributed by atoms with Crippen molar-refractivity contribution in [3.63, 3.8) is 0 Å². The van der Waals surface area contributed by atoms with Gasteiger partial charge in [-0.05, 0) is 6.42 Å². The molecule has 0 saturated carbocycles. The van der Waals surface area contributed by atoms with Gasteiger partial charge in [0, 0.05) is 6.61 Å². The second kappa shape index (κ2) is 5.82. The third-order valence-corrected chi connectivity index (χ3v) is 1.11. The zero-order chi connectivity index (χ0) is 10.3. The summed E-state index contributed by atoms with van der Waals surface area (Å²) in [6.07, 6.45) is -3.34. The van der Waals surface area contributed by atoms with E-state index in [4.69, 9.17) is 9.84 Å². The molecule has 0 bridgehead atoms. The summed E-state index contributed by atoms with van der Waals surface area (Å²) in [6.45, 7) is 1.85. The van der Waals surface area contributed by atoms with E-state index >= 15 is 0 Å². The quantitative estimate of drug-likeness (QED) is 0.622. The summed E-state index contributed by atoms with van der Waals surface area (Å²) in [5.74, 6) is -2.29. The van der Waals surface area contributed by atoms with Gasteiger partial charge in [0.15, 0.2) is 0 Å². The lowest BCUT2D eigenvalue weighted by Crippen LogP contribution is -2.32. The molecule has 0 aliphatic carbocycles. The summed E-state index contributed by atoms with van der Waals surface area (Å²) >= 11 is 0. The van der Waals surface area contributed by atoms with Crippen molar-refractivity contribution in [2.75, 3.05) is 19.8 Å². The van der Waals surface area contributed by atoms with Crippen LogP contribution in [0, 0.1) is 0 Å². The van der Waals surface area contributed by atoms with E-state index in [1.165, 1.54) is 0 Å². The number of aliphatic carboxylic acids is 1. The van der Waals surface area contributed by atoms with Crippen LogP contribution >= 0.6 is 0 Å². The van der Waals surface area contributed by atoms with Crippen molar-refractivity contribution in [2.45, 2.75) is 19.5 Å². The van der Waals surface area contributed by atoms with Crippen LogP contribution in [0.4, 0.5) is 8.78 Å². The van der Waals surface area contributed by atoms with Gasteiger partial charge in [0.1, 0.15) is 0 Å². The van der Waals surface area contributed by atoms with Crippen LogP contribution in [-0.4, -0.2) is 37.0 Å². The van der Waals surface area contributed by atoms with Gasteiger partial charge in [-0.15, -0.1) is 0 Å². The van der Waals surface area contributed by atoms with Gasteiger partial charge in [-0.1, -0.05) is 6.92 Å². The molecule has 0 atom stereocenters. The van der Waals surface area contributed by atoms with Crippen molar-refractivity contribution in [1.82, 2.24) is 0 Å². The first kappa shape index (κ1) is 12.2. The van der Waals surface area contributed by atoms with Crippen LogP contribution in [-0.2, 0) is 14.3 Å². The highest BCUT2D eigenvalue weighted by Gasteiger charge is 2.40. The predicted molar refractivity (Wildman–Crippen MR) is 39.6 cm³/mol. The van der Waals surface area contributed by atoms with Gasteiger partial charge in [-0.25, -0.2) is 4.79 Å². The molecule has 0 amide bonds. The van der Waals surface area contributed by atoms with Crippen LogP contribution in [0.2, 0.25) is 0 Å². The molecule has 13 heavy (non-hydrogen) atoms. The van der Waals surface area contributed by atoms with Gasteiger partial charge in [-0.3, -0.25) is 0 Å². The summed E-state index contributed by atoms with van der Waals surface area (Å²) in [5, 5.41) is 7.93. The molecule has 0 fully saturated rings. The first-order valence-electron chi connectivity index (χ1n) is 3.83. The molecule has 0 radical (unpaired) electrons. The topological polar surface area (TPSA) is 55.8 Å². The Balaban J connectivity index is 3.46. The number of carboxylic acid groups (broad SMARTS) is 1. The minimum absolute atomic E-state index is 0.0310. The summed E-state index contributed by atoms with van der Waals surface area (Å²) in [5.41, 5.74) is 0. The SMILES string of the molecule is CCCOCCOC(F)(F)C(=O)O. The van der Waals surface area contributed by atoms with E-state index < -0.39 is 18.7 Å². The first-order chi connectivity index (χ1) is 6.00. The smallest absolute Gasteiger partial charge is 0.456 e. The van der Waals surface area contributed by atoms with Gasteiger partial charge in [0.05, 0.1) is 13.2 Å². The van der Waals surface area contributed by atoms with E-state index in [1.54, 1.807) is 0 Å². The number of alkyl halides is 2. The van der Waals surface area contributed by atoms with Gasteiger partial charge in [-0.2, -0.15) is 8.78 Å². The zero-order valence-corrected chi connectivity index (χ0v) is 7.26. The molecule has 0 aliphatic rings. The Hall–Kier alpha value is -0.750. The van der Waals surface area contributed by atoms with Crippen molar-refractivity contribution < 1.29 is 28.2 Å². The van der Waals surface area contributed by atoms with Crippen LogP contribution in [0.15, 0.2) is 0 Å². The predicted octanol–water partition coefficient (Wildman–Crippen LogP) is 1.11. The molecule has 0 aromatic rings. The Labute approximate surface area is 74.4 Å². The lowest BCUT2D eigenvalue weighted by Gasteiger charge is -2.11. The van der Waals surface area contributed by atoms with E-state index in [2.05, 4.69) is 4.74 Å². The summed E-state index contributed by atoms with van der Waals surface area (Å²) in [6, 6.07) is 0. The van der Waals surface area contributed by atoms with Crippen LogP contribution in [0.25, 0.3) is 0 Å². The Morgan fingerprint density at radius 1 is 1.38 bits per heavy atom. The third-order valence-electron chi connectivity index (χ3n) is 1.11. The fourth-order valence-electron chi connectivity index (χ4n) is 0.537. The molecule has 0 spiro atoms. The van der Waals surface area contributed by atoms with Crippen molar-refractivity contribution in [3.05, 3.63) is 0 Å². The second-order valence-electron chi connectivity index (χ2n) is 2.28. The largest absolute Gasteiger partial charge is 0.475 e. The van der Waals surface area contributed by atoms with Gasteiger partial charge < -0.3 is 14.6 Å². The first-order valence-corrected chi connectivity index (χ1v) is 3.83. The number of carbonyl (C=O) groups is 1. The molecule has 1 N–H and O–H groups in total. The summed E-state index contributed by atoms with van der Waals surface area (Å²) in [7, 11) is 0. The van der Waals surface area contributed by atoms with E-state index in [9.17, 15) is 13.6 Å². The van der Waals surface area contributed by atoms with Crippen LogP contribution in [0.3, 0.4) is 0 Å². The fraction of sp³-hybridized carbons (Fsp3) is 0.857. The number of carboxylic acids is 1. The second-order valence-corrected chi connectivity index (χ2v) is 2.28. The third kappa shape index (κ3) is 5.48. The van der Waals surface area contributed by atoms with Gasteiger partial charge >= 0.3 is 12.1 Å². The summed E-state index contributed by atoms with van der Waals surface area (Å²) < 4.78 is 32.9.